The van der Waals surface area contributed by atoms with Crippen LogP contribution in [0.5, 0.6) is 5.75 Å². The molecule has 1 heterocycles. The summed E-state index contributed by atoms with van der Waals surface area (Å²) in [6, 6.07) is 10.8. The van der Waals surface area contributed by atoms with Crippen LogP contribution in [0.3, 0.4) is 0 Å². The van der Waals surface area contributed by atoms with Gasteiger partial charge >= 0.3 is 12.1 Å². The van der Waals surface area contributed by atoms with Crippen LogP contribution in [0.2, 0.25) is 0 Å². The van der Waals surface area contributed by atoms with Crippen molar-refractivity contribution in [1.29, 1.82) is 0 Å². The van der Waals surface area contributed by atoms with E-state index in [1.54, 1.807) is 31.4 Å². The Kier molecular flexibility index (Phi) is 5.34. The highest BCUT2D eigenvalue weighted by molar-refractivity contribution is 5.89. The van der Waals surface area contributed by atoms with Crippen LogP contribution in [0, 0.1) is 0 Å². The predicted octanol–water partition coefficient (Wildman–Crippen LogP) is 4.68. The molecule has 3 rings (SSSR count). The zero-order valence-electron chi connectivity index (χ0n) is 14.9. The third-order valence-electron chi connectivity index (χ3n) is 3.83. The molecule has 6 nitrogen and oxygen atoms in total. The summed E-state index contributed by atoms with van der Waals surface area (Å²) in [6.45, 7) is 1.48. The smallest absolute Gasteiger partial charge is 0.416 e. The molecule has 0 fully saturated rings. The second-order valence-corrected chi connectivity index (χ2v) is 5.80. The van der Waals surface area contributed by atoms with Crippen LogP contribution < -0.4 is 4.74 Å². The van der Waals surface area contributed by atoms with Gasteiger partial charge in [0.05, 0.1) is 18.2 Å². The molecule has 0 bridgehead atoms. The zero-order chi connectivity index (χ0) is 20.3. The lowest BCUT2D eigenvalue weighted by Crippen LogP contribution is -2.12. The molecule has 2 aromatic carbocycles. The molecule has 0 saturated carbocycles. The van der Waals surface area contributed by atoms with Crippen molar-refractivity contribution in [3.05, 3.63) is 65.5 Å². The number of methoxy groups -OCH3 is 1. The van der Waals surface area contributed by atoms with E-state index < -0.39 is 23.8 Å². The van der Waals surface area contributed by atoms with Crippen molar-refractivity contribution in [1.82, 2.24) is 10.2 Å². The van der Waals surface area contributed by atoms with Gasteiger partial charge in [0.25, 0.3) is 5.89 Å². The molecule has 0 unspecified atom stereocenters. The van der Waals surface area contributed by atoms with Crippen molar-refractivity contribution in [2.24, 2.45) is 0 Å². The largest absolute Gasteiger partial charge is 0.497 e. The van der Waals surface area contributed by atoms with E-state index in [-0.39, 0.29) is 17.3 Å². The van der Waals surface area contributed by atoms with Gasteiger partial charge in [0.2, 0.25) is 5.89 Å². The maximum atomic E-state index is 12.8. The molecule has 1 aromatic heterocycles. The van der Waals surface area contributed by atoms with Gasteiger partial charge in [-0.3, -0.25) is 0 Å². The summed E-state index contributed by atoms with van der Waals surface area (Å²) in [4.78, 5) is 12.2. The molecule has 28 heavy (non-hydrogen) atoms. The van der Waals surface area contributed by atoms with Crippen molar-refractivity contribution in [3.63, 3.8) is 0 Å². The molecular formula is C19H15F3N2O4. The van der Waals surface area contributed by atoms with E-state index in [0.29, 0.717) is 11.3 Å². The minimum Gasteiger partial charge on any atom is -0.497 e. The summed E-state index contributed by atoms with van der Waals surface area (Å²) in [7, 11) is 1.54. The summed E-state index contributed by atoms with van der Waals surface area (Å²) in [6.07, 6.45) is -5.50. The number of hydrogen-bond acceptors (Lipinski definition) is 6. The van der Waals surface area contributed by atoms with Crippen LogP contribution in [0.25, 0.3) is 11.5 Å². The summed E-state index contributed by atoms with van der Waals surface area (Å²) < 4.78 is 54.1. The molecular weight excluding hydrogens is 377 g/mol. The predicted molar refractivity (Wildman–Crippen MR) is 91.6 cm³/mol. The minimum atomic E-state index is -4.55. The van der Waals surface area contributed by atoms with Gasteiger partial charge in [0, 0.05) is 5.56 Å². The third kappa shape index (κ3) is 4.30. The Morgan fingerprint density at radius 1 is 1.11 bits per heavy atom. The highest BCUT2D eigenvalue weighted by atomic mass is 19.4. The average Bonchev–Trinajstić information content (AvgIpc) is 3.18. The highest BCUT2D eigenvalue weighted by Gasteiger charge is 2.31. The minimum absolute atomic E-state index is 0.0196. The SMILES string of the molecule is COc1ccc(-c2nnc([C@@H](C)OC(=O)c3cccc(C(F)(F)F)c3)o2)cc1. The van der Waals surface area contributed by atoms with Gasteiger partial charge in [-0.15, -0.1) is 10.2 Å². The van der Waals surface area contributed by atoms with E-state index in [0.717, 1.165) is 18.2 Å². The molecule has 0 spiro atoms. The number of esters is 1. The number of carbonyl (C=O) groups excluding carboxylic acids is 1. The fraction of sp³-hybridized carbons (Fsp3) is 0.211. The van der Waals surface area contributed by atoms with Crippen molar-refractivity contribution in [3.8, 4) is 17.2 Å². The maximum absolute atomic E-state index is 12.8. The summed E-state index contributed by atoms with van der Waals surface area (Å²) in [5.41, 5.74) is -0.526. The number of alkyl halides is 3. The van der Waals surface area contributed by atoms with Gasteiger partial charge in [-0.2, -0.15) is 13.2 Å². The van der Waals surface area contributed by atoms with Crippen molar-refractivity contribution in [2.45, 2.75) is 19.2 Å². The lowest BCUT2D eigenvalue weighted by atomic mass is 10.1. The van der Waals surface area contributed by atoms with E-state index in [1.807, 2.05) is 0 Å². The number of benzene rings is 2. The number of halogens is 3. The number of aromatic nitrogens is 2. The van der Waals surface area contributed by atoms with Crippen LogP contribution in [0.4, 0.5) is 13.2 Å². The molecule has 0 amide bonds. The second kappa shape index (κ2) is 7.71. The monoisotopic (exact) mass is 392 g/mol. The first-order valence-corrected chi connectivity index (χ1v) is 8.14. The van der Waals surface area contributed by atoms with Gasteiger partial charge in [0.1, 0.15) is 5.75 Å². The molecule has 0 saturated heterocycles. The Morgan fingerprint density at radius 2 is 1.82 bits per heavy atom. The summed E-state index contributed by atoms with van der Waals surface area (Å²) in [5, 5.41) is 7.73. The standard InChI is InChI=1S/C19H15F3N2O4/c1-11(27-18(25)13-4-3-5-14(10-13)19(20,21)22)16-23-24-17(28-16)12-6-8-15(26-2)9-7-12/h3-11H,1-2H3/t11-/m1/s1. The van der Waals surface area contributed by atoms with Crippen LogP contribution in [0.15, 0.2) is 52.9 Å². The van der Waals surface area contributed by atoms with Gasteiger partial charge in [-0.05, 0) is 49.4 Å². The van der Waals surface area contributed by atoms with Crippen molar-refractivity contribution in [2.75, 3.05) is 7.11 Å². The molecule has 0 radical (unpaired) electrons. The summed E-state index contributed by atoms with van der Waals surface area (Å²) in [5.74, 6) is -0.0413. The molecule has 0 aliphatic carbocycles. The van der Waals surface area contributed by atoms with Crippen molar-refractivity contribution >= 4 is 5.97 Å². The Labute approximate surface area is 157 Å². The fourth-order valence-corrected chi connectivity index (χ4v) is 2.35. The van der Waals surface area contributed by atoms with E-state index in [1.165, 1.54) is 13.0 Å². The number of rotatable bonds is 5. The molecule has 0 N–H and O–H groups in total. The first-order chi connectivity index (χ1) is 13.3. The molecule has 0 aliphatic heterocycles. The van der Waals surface area contributed by atoms with Crippen LogP contribution in [-0.4, -0.2) is 23.3 Å². The van der Waals surface area contributed by atoms with E-state index >= 15 is 0 Å². The van der Waals surface area contributed by atoms with Gasteiger partial charge < -0.3 is 13.9 Å². The lowest BCUT2D eigenvalue weighted by molar-refractivity contribution is -0.137. The summed E-state index contributed by atoms with van der Waals surface area (Å²) >= 11 is 0. The Bertz CT molecular complexity index is 968. The topological polar surface area (TPSA) is 74.5 Å². The molecule has 0 aliphatic rings. The molecule has 3 aromatic rings. The van der Waals surface area contributed by atoms with Gasteiger partial charge in [0.15, 0.2) is 6.10 Å². The number of ether oxygens (including phenoxy) is 2. The quantitative estimate of drug-likeness (QED) is 0.587. The maximum Gasteiger partial charge on any atom is 0.416 e. The van der Waals surface area contributed by atoms with Gasteiger partial charge in [-0.25, -0.2) is 4.79 Å². The van der Waals surface area contributed by atoms with E-state index in [4.69, 9.17) is 13.9 Å². The Morgan fingerprint density at radius 3 is 2.46 bits per heavy atom. The third-order valence-corrected chi connectivity index (χ3v) is 3.83. The number of carbonyl (C=O) groups is 1. The first kappa shape index (κ1) is 19.4. The van der Waals surface area contributed by atoms with Crippen LogP contribution >= 0.6 is 0 Å². The normalized spacial score (nSPS) is 12.5. The fourth-order valence-electron chi connectivity index (χ4n) is 2.35. The van der Waals surface area contributed by atoms with E-state index in [9.17, 15) is 18.0 Å². The second-order valence-electron chi connectivity index (χ2n) is 5.80. The Hall–Kier alpha value is -3.36. The van der Waals surface area contributed by atoms with Gasteiger partial charge in [-0.1, -0.05) is 6.07 Å². The van der Waals surface area contributed by atoms with Crippen molar-refractivity contribution < 1.29 is 31.9 Å². The first-order valence-electron chi connectivity index (χ1n) is 8.14. The lowest BCUT2D eigenvalue weighted by Gasteiger charge is -2.11. The average molecular weight is 392 g/mol. The molecule has 9 heteroatoms. The number of nitrogens with zero attached hydrogens (tertiary/aromatic N) is 2. The number of hydrogen-bond donors (Lipinski definition) is 0. The Balaban J connectivity index is 1.72. The van der Waals surface area contributed by atoms with Crippen LogP contribution in [0.1, 0.15) is 34.8 Å². The van der Waals surface area contributed by atoms with Crippen LogP contribution in [-0.2, 0) is 10.9 Å². The molecule has 146 valence electrons. The highest BCUT2D eigenvalue weighted by Crippen LogP contribution is 2.30. The zero-order valence-corrected chi connectivity index (χ0v) is 14.9. The van der Waals surface area contributed by atoms with E-state index in [2.05, 4.69) is 10.2 Å². The molecule has 1 atom stereocenters.